The number of nitrogens with one attached hydrogen (secondary N) is 1. The van der Waals surface area contributed by atoms with Crippen molar-refractivity contribution >= 4 is 0 Å². The van der Waals surface area contributed by atoms with Crippen LogP contribution in [0.1, 0.15) is 26.5 Å². The Bertz CT molecular complexity index is 336. The van der Waals surface area contributed by atoms with Crippen molar-refractivity contribution < 1.29 is 13.5 Å². The number of nitrogens with zero attached hydrogens (tertiary/aromatic N) is 2. The second kappa shape index (κ2) is 5.86. The van der Waals surface area contributed by atoms with Crippen molar-refractivity contribution in [2.75, 3.05) is 6.61 Å². The molecule has 0 spiro atoms. The summed E-state index contributed by atoms with van der Waals surface area (Å²) >= 11 is 0. The van der Waals surface area contributed by atoms with E-state index < -0.39 is 13.0 Å². The van der Waals surface area contributed by atoms with Crippen LogP contribution >= 0.6 is 0 Å². The minimum Gasteiger partial charge on any atom is -0.470 e. The first-order chi connectivity index (χ1) is 7.87. The molecule has 0 unspecified atom stereocenters. The molecule has 0 saturated carbocycles. The van der Waals surface area contributed by atoms with Gasteiger partial charge in [0.05, 0.1) is 18.1 Å². The molecule has 0 aliphatic heterocycles. The van der Waals surface area contributed by atoms with Gasteiger partial charge in [-0.1, -0.05) is 0 Å². The predicted octanol–water partition coefficient (Wildman–Crippen LogP) is 2.01. The van der Waals surface area contributed by atoms with E-state index in [-0.39, 0.29) is 11.4 Å². The van der Waals surface area contributed by atoms with Crippen LogP contribution < -0.4 is 10.1 Å². The van der Waals surface area contributed by atoms with Crippen LogP contribution in [-0.4, -0.2) is 28.5 Å². The highest BCUT2D eigenvalue weighted by Crippen LogP contribution is 2.07. The molecule has 0 fully saturated rings. The first kappa shape index (κ1) is 13.8. The van der Waals surface area contributed by atoms with E-state index in [1.54, 1.807) is 0 Å². The standard InChI is InChI=1S/C11H17F2N3O/c1-11(2,3)16-5-8-4-15-10(6-14-8)17-7-9(12)13/h4,6,9,16H,5,7H2,1-3H3. The Morgan fingerprint density at radius 2 is 2.00 bits per heavy atom. The largest absolute Gasteiger partial charge is 0.470 e. The number of hydrogen-bond acceptors (Lipinski definition) is 4. The van der Waals surface area contributed by atoms with Crippen LogP contribution in [0.4, 0.5) is 8.78 Å². The van der Waals surface area contributed by atoms with Crippen LogP contribution in [0, 0.1) is 0 Å². The van der Waals surface area contributed by atoms with Crippen LogP contribution in [0.15, 0.2) is 12.4 Å². The highest BCUT2D eigenvalue weighted by atomic mass is 19.3. The fraction of sp³-hybridized carbons (Fsp3) is 0.636. The zero-order chi connectivity index (χ0) is 12.9. The quantitative estimate of drug-likeness (QED) is 0.862. The first-order valence-electron chi connectivity index (χ1n) is 5.34. The third-order valence-corrected chi connectivity index (χ3v) is 1.84. The molecule has 1 aromatic rings. The van der Waals surface area contributed by atoms with Gasteiger partial charge in [0.25, 0.3) is 6.43 Å². The Kier molecular flexibility index (Phi) is 4.74. The molecule has 0 amide bonds. The van der Waals surface area contributed by atoms with Gasteiger partial charge in [-0.05, 0) is 20.8 Å². The summed E-state index contributed by atoms with van der Waals surface area (Å²) in [5.74, 6) is 0.116. The van der Waals surface area contributed by atoms with E-state index in [0.717, 1.165) is 5.69 Å². The Hall–Kier alpha value is -1.30. The van der Waals surface area contributed by atoms with E-state index in [1.807, 2.05) is 20.8 Å². The van der Waals surface area contributed by atoms with Gasteiger partial charge in [-0.25, -0.2) is 13.8 Å². The minimum atomic E-state index is -2.50. The molecular weight excluding hydrogens is 228 g/mol. The van der Waals surface area contributed by atoms with Gasteiger partial charge >= 0.3 is 0 Å². The zero-order valence-electron chi connectivity index (χ0n) is 10.2. The molecule has 0 radical (unpaired) electrons. The predicted molar refractivity (Wildman–Crippen MR) is 60.1 cm³/mol. The molecular formula is C11H17F2N3O. The van der Waals surface area contributed by atoms with Gasteiger partial charge in [-0.2, -0.15) is 0 Å². The van der Waals surface area contributed by atoms with Gasteiger partial charge in [0.2, 0.25) is 5.88 Å². The van der Waals surface area contributed by atoms with Crippen LogP contribution in [-0.2, 0) is 6.54 Å². The molecule has 1 rings (SSSR count). The van der Waals surface area contributed by atoms with Crippen LogP contribution in [0.25, 0.3) is 0 Å². The van der Waals surface area contributed by atoms with Crippen molar-refractivity contribution in [2.45, 2.75) is 39.3 Å². The maximum atomic E-state index is 11.9. The topological polar surface area (TPSA) is 47.0 Å². The zero-order valence-corrected chi connectivity index (χ0v) is 10.2. The Morgan fingerprint density at radius 1 is 1.29 bits per heavy atom. The average molecular weight is 245 g/mol. The lowest BCUT2D eigenvalue weighted by Crippen LogP contribution is -2.35. The van der Waals surface area contributed by atoms with Gasteiger partial charge in [-0.3, -0.25) is 4.98 Å². The molecule has 96 valence electrons. The number of hydrogen-bond donors (Lipinski definition) is 1. The molecule has 17 heavy (non-hydrogen) atoms. The smallest absolute Gasteiger partial charge is 0.272 e. The highest BCUT2D eigenvalue weighted by molar-refractivity contribution is 5.07. The molecule has 0 aliphatic rings. The fourth-order valence-electron chi connectivity index (χ4n) is 1.01. The van der Waals surface area contributed by atoms with Gasteiger partial charge in [0.1, 0.15) is 0 Å². The average Bonchev–Trinajstić information content (AvgIpc) is 2.24. The van der Waals surface area contributed by atoms with E-state index in [9.17, 15) is 8.78 Å². The van der Waals surface area contributed by atoms with Crippen LogP contribution in [0.3, 0.4) is 0 Å². The Morgan fingerprint density at radius 3 is 2.47 bits per heavy atom. The third kappa shape index (κ3) is 6.11. The molecule has 4 nitrogen and oxygen atoms in total. The van der Waals surface area contributed by atoms with E-state index in [2.05, 4.69) is 15.3 Å². The summed E-state index contributed by atoms with van der Waals surface area (Å²) < 4.78 is 28.5. The van der Waals surface area contributed by atoms with Crippen molar-refractivity contribution in [1.82, 2.24) is 15.3 Å². The summed E-state index contributed by atoms with van der Waals surface area (Å²) in [6.07, 6.45) is 0.362. The van der Waals surface area contributed by atoms with E-state index in [0.29, 0.717) is 6.54 Å². The molecule has 1 aromatic heterocycles. The maximum absolute atomic E-state index is 11.9. The van der Waals surface area contributed by atoms with Crippen LogP contribution in [0.2, 0.25) is 0 Å². The number of rotatable bonds is 5. The summed E-state index contributed by atoms with van der Waals surface area (Å²) in [5.41, 5.74) is 0.733. The van der Waals surface area contributed by atoms with Gasteiger partial charge in [-0.15, -0.1) is 0 Å². The van der Waals surface area contributed by atoms with Gasteiger partial charge < -0.3 is 10.1 Å². The highest BCUT2D eigenvalue weighted by Gasteiger charge is 2.09. The first-order valence-corrected chi connectivity index (χ1v) is 5.34. The lowest BCUT2D eigenvalue weighted by molar-refractivity contribution is 0.0793. The van der Waals surface area contributed by atoms with Crippen LogP contribution in [0.5, 0.6) is 5.88 Å². The summed E-state index contributed by atoms with van der Waals surface area (Å²) in [4.78, 5) is 7.96. The summed E-state index contributed by atoms with van der Waals surface area (Å²) in [6.45, 7) is 6.04. The monoisotopic (exact) mass is 245 g/mol. The SMILES string of the molecule is CC(C)(C)NCc1cnc(OCC(F)F)cn1. The molecule has 1 heterocycles. The normalized spacial score (nSPS) is 11.9. The lowest BCUT2D eigenvalue weighted by Gasteiger charge is -2.19. The van der Waals surface area contributed by atoms with Crippen molar-refractivity contribution in [3.8, 4) is 5.88 Å². The van der Waals surface area contributed by atoms with E-state index in [4.69, 9.17) is 4.74 Å². The van der Waals surface area contributed by atoms with E-state index >= 15 is 0 Å². The van der Waals surface area contributed by atoms with Crippen molar-refractivity contribution in [1.29, 1.82) is 0 Å². The fourth-order valence-corrected chi connectivity index (χ4v) is 1.01. The Balaban J connectivity index is 2.45. The number of halogens is 2. The van der Waals surface area contributed by atoms with Crippen molar-refractivity contribution in [2.24, 2.45) is 0 Å². The molecule has 0 aliphatic carbocycles. The number of aromatic nitrogens is 2. The molecule has 0 saturated heterocycles. The third-order valence-electron chi connectivity index (χ3n) is 1.84. The molecule has 0 atom stereocenters. The molecule has 0 bridgehead atoms. The lowest BCUT2D eigenvalue weighted by atomic mass is 10.1. The second-order valence-electron chi connectivity index (χ2n) is 4.65. The maximum Gasteiger partial charge on any atom is 0.272 e. The van der Waals surface area contributed by atoms with Crippen molar-refractivity contribution in [3.05, 3.63) is 18.1 Å². The summed E-state index contributed by atoms with van der Waals surface area (Å²) in [6, 6.07) is 0. The second-order valence-corrected chi connectivity index (χ2v) is 4.65. The van der Waals surface area contributed by atoms with E-state index in [1.165, 1.54) is 12.4 Å². The summed E-state index contributed by atoms with van der Waals surface area (Å²) in [7, 11) is 0. The van der Waals surface area contributed by atoms with Crippen molar-refractivity contribution in [3.63, 3.8) is 0 Å². The minimum absolute atomic E-state index is 0.00741. The van der Waals surface area contributed by atoms with Gasteiger partial charge in [0.15, 0.2) is 6.61 Å². The summed E-state index contributed by atoms with van der Waals surface area (Å²) in [5, 5.41) is 3.24. The Labute approximate surface area is 99.4 Å². The van der Waals surface area contributed by atoms with Gasteiger partial charge in [0, 0.05) is 12.1 Å². The number of ether oxygens (including phenoxy) is 1. The molecule has 0 aromatic carbocycles. The molecule has 6 heteroatoms. The molecule has 1 N–H and O–H groups in total. The number of alkyl halides is 2.